The van der Waals surface area contributed by atoms with Gasteiger partial charge >= 0.3 is 6.09 Å². The Morgan fingerprint density at radius 2 is 2.06 bits per heavy atom. The van der Waals surface area contributed by atoms with Crippen LogP contribution in [-0.4, -0.2) is 27.4 Å². The predicted octanol–water partition coefficient (Wildman–Crippen LogP) is 2.15. The molecular formula is C10H8FNO3S. The van der Waals surface area contributed by atoms with E-state index in [0.717, 1.165) is 9.80 Å². The second-order valence-corrected chi connectivity index (χ2v) is 4.53. The lowest BCUT2D eigenvalue weighted by Gasteiger charge is -2.35. The Hall–Kier alpha value is -1.56. The van der Waals surface area contributed by atoms with Gasteiger partial charge in [0.05, 0.1) is 6.42 Å². The Balaban J connectivity index is 2.03. The lowest BCUT2D eigenvalue weighted by molar-refractivity contribution is -0.138. The number of β-lactam (4-membered cyclic amide) rings is 1. The van der Waals surface area contributed by atoms with E-state index in [1.807, 2.05) is 0 Å². The Labute approximate surface area is 95.1 Å². The molecule has 1 atom stereocenters. The van der Waals surface area contributed by atoms with E-state index in [4.69, 9.17) is 5.11 Å². The Morgan fingerprint density at radius 3 is 2.56 bits per heavy atom. The molecule has 0 saturated carbocycles. The molecule has 2 rings (SSSR count). The molecule has 6 heteroatoms. The third-order valence-electron chi connectivity index (χ3n) is 2.20. The molecule has 1 aliphatic heterocycles. The topological polar surface area (TPSA) is 57.6 Å². The molecule has 1 saturated heterocycles. The molecule has 0 spiro atoms. The molecule has 1 aromatic rings. The zero-order chi connectivity index (χ0) is 11.7. The van der Waals surface area contributed by atoms with E-state index in [0.29, 0.717) is 0 Å². The number of halogens is 1. The van der Waals surface area contributed by atoms with E-state index >= 15 is 0 Å². The van der Waals surface area contributed by atoms with Gasteiger partial charge in [0, 0.05) is 4.90 Å². The summed E-state index contributed by atoms with van der Waals surface area (Å²) in [5.74, 6) is -0.740. The van der Waals surface area contributed by atoms with Crippen LogP contribution < -0.4 is 0 Å². The fourth-order valence-electron chi connectivity index (χ4n) is 1.38. The summed E-state index contributed by atoms with van der Waals surface area (Å²) >= 11 is 1.24. The Kier molecular flexibility index (Phi) is 2.82. The van der Waals surface area contributed by atoms with Crippen molar-refractivity contribution in [2.45, 2.75) is 16.7 Å². The third-order valence-corrected chi connectivity index (χ3v) is 3.39. The zero-order valence-corrected chi connectivity index (χ0v) is 8.91. The van der Waals surface area contributed by atoms with Crippen LogP contribution >= 0.6 is 11.8 Å². The van der Waals surface area contributed by atoms with Crippen molar-refractivity contribution in [1.82, 2.24) is 4.90 Å². The van der Waals surface area contributed by atoms with Crippen LogP contribution in [0.25, 0.3) is 0 Å². The summed E-state index contributed by atoms with van der Waals surface area (Å²) in [6.45, 7) is 0. The molecule has 16 heavy (non-hydrogen) atoms. The van der Waals surface area contributed by atoms with Gasteiger partial charge in [-0.2, -0.15) is 0 Å². The van der Waals surface area contributed by atoms with Crippen LogP contribution in [0.5, 0.6) is 0 Å². The van der Waals surface area contributed by atoms with E-state index in [1.165, 1.54) is 23.9 Å². The Morgan fingerprint density at radius 1 is 1.44 bits per heavy atom. The second kappa shape index (κ2) is 4.13. The number of hydrogen-bond donors (Lipinski definition) is 1. The van der Waals surface area contributed by atoms with E-state index in [1.54, 1.807) is 12.1 Å². The first-order chi connectivity index (χ1) is 7.58. The van der Waals surface area contributed by atoms with Crippen LogP contribution in [0.3, 0.4) is 0 Å². The largest absolute Gasteiger partial charge is 0.465 e. The molecule has 0 aliphatic carbocycles. The summed E-state index contributed by atoms with van der Waals surface area (Å²) in [5.41, 5.74) is 0. The van der Waals surface area contributed by atoms with Gasteiger partial charge in [0.15, 0.2) is 0 Å². The molecule has 4 nitrogen and oxygen atoms in total. The third kappa shape index (κ3) is 2.01. The Bertz CT molecular complexity index is 426. The monoisotopic (exact) mass is 241 g/mol. The van der Waals surface area contributed by atoms with Gasteiger partial charge in [0.2, 0.25) is 5.91 Å². The smallest absolute Gasteiger partial charge is 0.415 e. The number of imide groups is 1. The van der Waals surface area contributed by atoms with E-state index in [-0.39, 0.29) is 12.2 Å². The highest BCUT2D eigenvalue weighted by Gasteiger charge is 2.41. The molecule has 1 fully saturated rings. The van der Waals surface area contributed by atoms with Crippen molar-refractivity contribution in [1.29, 1.82) is 0 Å². The lowest BCUT2D eigenvalue weighted by Crippen LogP contribution is -2.53. The molecular weight excluding hydrogens is 233 g/mol. The maximum Gasteiger partial charge on any atom is 0.415 e. The first-order valence-electron chi connectivity index (χ1n) is 4.55. The van der Waals surface area contributed by atoms with Gasteiger partial charge in [-0.15, -0.1) is 0 Å². The SMILES string of the molecule is O=C(O)N1C(=O)CC1Sc1ccc(F)cc1. The number of carbonyl (C=O) groups excluding carboxylic acids is 1. The fraction of sp³-hybridized carbons (Fsp3) is 0.200. The molecule has 0 bridgehead atoms. The molecule has 1 aromatic carbocycles. The lowest BCUT2D eigenvalue weighted by atomic mass is 10.2. The van der Waals surface area contributed by atoms with Gasteiger partial charge in [-0.25, -0.2) is 14.1 Å². The highest BCUT2D eigenvalue weighted by Crippen LogP contribution is 2.34. The normalized spacial score (nSPS) is 19.4. The van der Waals surface area contributed by atoms with Gasteiger partial charge in [-0.3, -0.25) is 4.79 Å². The van der Waals surface area contributed by atoms with Crippen molar-refractivity contribution >= 4 is 23.8 Å². The number of carboxylic acid groups (broad SMARTS) is 1. The van der Waals surface area contributed by atoms with Crippen molar-refractivity contribution < 1.29 is 19.1 Å². The average molecular weight is 241 g/mol. The predicted molar refractivity (Wildman–Crippen MR) is 55.5 cm³/mol. The first-order valence-corrected chi connectivity index (χ1v) is 5.43. The van der Waals surface area contributed by atoms with Crippen molar-refractivity contribution in [3.63, 3.8) is 0 Å². The number of likely N-dealkylation sites (tertiary alicyclic amines) is 1. The van der Waals surface area contributed by atoms with Gasteiger partial charge in [-0.05, 0) is 24.3 Å². The molecule has 0 aromatic heterocycles. The number of nitrogens with zero attached hydrogens (tertiary/aromatic N) is 1. The summed E-state index contributed by atoms with van der Waals surface area (Å²) in [7, 11) is 0. The van der Waals surface area contributed by atoms with Gasteiger partial charge in [-0.1, -0.05) is 11.8 Å². The second-order valence-electron chi connectivity index (χ2n) is 3.28. The summed E-state index contributed by atoms with van der Waals surface area (Å²) in [6.07, 6.45) is -1.04. The zero-order valence-electron chi connectivity index (χ0n) is 8.09. The molecule has 84 valence electrons. The molecule has 1 N–H and O–H groups in total. The molecule has 1 heterocycles. The number of amides is 2. The molecule has 1 aliphatic rings. The summed E-state index contributed by atoms with van der Waals surface area (Å²) < 4.78 is 12.6. The molecule has 2 amide bonds. The first kappa shape index (κ1) is 10.9. The number of carbonyl (C=O) groups is 2. The van der Waals surface area contributed by atoms with Crippen LogP contribution in [-0.2, 0) is 4.79 Å². The van der Waals surface area contributed by atoms with E-state index < -0.39 is 17.4 Å². The minimum Gasteiger partial charge on any atom is -0.465 e. The fourth-order valence-corrected chi connectivity index (χ4v) is 2.53. The highest BCUT2D eigenvalue weighted by molar-refractivity contribution is 8.00. The number of rotatable bonds is 2. The van der Waals surface area contributed by atoms with Crippen LogP contribution in [0.1, 0.15) is 6.42 Å². The van der Waals surface area contributed by atoms with Crippen molar-refractivity contribution in [2.24, 2.45) is 0 Å². The van der Waals surface area contributed by atoms with Crippen LogP contribution in [0.2, 0.25) is 0 Å². The number of benzene rings is 1. The molecule has 1 unspecified atom stereocenters. The van der Waals surface area contributed by atoms with Crippen molar-refractivity contribution in [3.8, 4) is 0 Å². The maximum absolute atomic E-state index is 12.6. The van der Waals surface area contributed by atoms with Crippen molar-refractivity contribution in [2.75, 3.05) is 0 Å². The quantitative estimate of drug-likeness (QED) is 0.806. The van der Waals surface area contributed by atoms with Crippen molar-refractivity contribution in [3.05, 3.63) is 30.1 Å². The van der Waals surface area contributed by atoms with Crippen LogP contribution in [0.15, 0.2) is 29.2 Å². The van der Waals surface area contributed by atoms with Gasteiger partial charge < -0.3 is 5.11 Å². The minimum absolute atomic E-state index is 0.203. The van der Waals surface area contributed by atoms with E-state index in [2.05, 4.69) is 0 Å². The maximum atomic E-state index is 12.6. The standard InChI is InChI=1S/C10H8FNO3S/c11-6-1-3-7(4-2-6)16-9-5-8(13)12(9)10(14)15/h1-4,9H,5H2,(H,14,15). The average Bonchev–Trinajstić information content (AvgIpc) is 2.19. The number of hydrogen-bond acceptors (Lipinski definition) is 3. The van der Waals surface area contributed by atoms with Crippen LogP contribution in [0.4, 0.5) is 9.18 Å². The molecule has 0 radical (unpaired) electrons. The van der Waals surface area contributed by atoms with E-state index in [9.17, 15) is 14.0 Å². The minimum atomic E-state index is -1.24. The highest BCUT2D eigenvalue weighted by atomic mass is 32.2. The summed E-state index contributed by atoms with van der Waals surface area (Å²) in [4.78, 5) is 23.2. The van der Waals surface area contributed by atoms with Gasteiger partial charge in [0.25, 0.3) is 0 Å². The summed E-state index contributed by atoms with van der Waals surface area (Å²) in [6, 6.07) is 5.72. The van der Waals surface area contributed by atoms with Gasteiger partial charge in [0.1, 0.15) is 11.2 Å². The summed E-state index contributed by atoms with van der Waals surface area (Å²) in [5, 5.41) is 8.33. The number of thioether (sulfide) groups is 1. The van der Waals surface area contributed by atoms with Crippen LogP contribution in [0, 0.1) is 5.82 Å².